The van der Waals surface area contributed by atoms with Crippen LogP contribution in [0.4, 0.5) is 0 Å². The van der Waals surface area contributed by atoms with Gasteiger partial charge in [-0.05, 0) is 62.3 Å². The number of ether oxygens (including phenoxy) is 1. The van der Waals surface area contributed by atoms with Gasteiger partial charge in [-0.1, -0.05) is 13.8 Å². The molecule has 0 aromatic heterocycles. The molecule has 6 nitrogen and oxygen atoms in total. The highest BCUT2D eigenvalue weighted by atomic mass is 32.2. The van der Waals surface area contributed by atoms with Crippen molar-refractivity contribution in [3.8, 4) is 5.75 Å². The molecule has 0 heterocycles. The molecule has 0 bridgehead atoms. The van der Waals surface area contributed by atoms with Crippen LogP contribution in [-0.4, -0.2) is 28.0 Å². The van der Waals surface area contributed by atoms with Crippen molar-refractivity contribution in [2.24, 2.45) is 16.6 Å². The Morgan fingerprint density at radius 3 is 2.46 bits per heavy atom. The summed E-state index contributed by atoms with van der Waals surface area (Å²) in [6, 6.07) is 1.72. The zero-order chi connectivity index (χ0) is 18.5. The molecule has 24 heavy (non-hydrogen) atoms. The van der Waals surface area contributed by atoms with Gasteiger partial charge in [0, 0.05) is 6.54 Å². The molecule has 136 valence electrons. The predicted octanol–water partition coefficient (Wildman–Crippen LogP) is 2.65. The van der Waals surface area contributed by atoms with Crippen LogP contribution in [0.15, 0.2) is 16.0 Å². The first-order chi connectivity index (χ1) is 11.1. The molecule has 1 aromatic carbocycles. The number of rotatable bonds is 7. The largest absolute Gasteiger partial charge is 0.496 e. The highest BCUT2D eigenvalue weighted by Crippen LogP contribution is 2.30. The third-order valence-electron chi connectivity index (χ3n) is 3.93. The summed E-state index contributed by atoms with van der Waals surface area (Å²) in [5.74, 6) is 1.18. The second kappa shape index (κ2) is 8.37. The van der Waals surface area contributed by atoms with Crippen LogP contribution in [0.1, 0.15) is 43.4 Å². The summed E-state index contributed by atoms with van der Waals surface area (Å²) in [4.78, 5) is 4.33. The minimum Gasteiger partial charge on any atom is -0.496 e. The lowest BCUT2D eigenvalue weighted by Gasteiger charge is -2.16. The van der Waals surface area contributed by atoms with Gasteiger partial charge in [0.15, 0.2) is 0 Å². The van der Waals surface area contributed by atoms with E-state index in [-0.39, 0.29) is 10.9 Å². The summed E-state index contributed by atoms with van der Waals surface area (Å²) in [6.07, 6.45) is 1.90. The molecule has 3 N–H and O–H groups in total. The van der Waals surface area contributed by atoms with Crippen LogP contribution in [0.2, 0.25) is 0 Å². The summed E-state index contributed by atoms with van der Waals surface area (Å²) in [7, 11) is -2.22. The van der Waals surface area contributed by atoms with Crippen molar-refractivity contribution in [3.63, 3.8) is 0 Å². The molecule has 0 saturated heterocycles. The van der Waals surface area contributed by atoms with Crippen LogP contribution in [0.5, 0.6) is 5.75 Å². The maximum absolute atomic E-state index is 12.7. The van der Waals surface area contributed by atoms with Gasteiger partial charge in [-0.2, -0.15) is 0 Å². The smallest absolute Gasteiger partial charge is 0.264 e. The summed E-state index contributed by atoms with van der Waals surface area (Å²) in [5.41, 5.74) is 7.78. The Balaban J connectivity index is 3.01. The number of hydrogen-bond acceptors (Lipinski definition) is 4. The summed E-state index contributed by atoms with van der Waals surface area (Å²) < 4.78 is 33.0. The molecule has 7 heteroatoms. The zero-order valence-corrected chi connectivity index (χ0v) is 16.3. The zero-order valence-electron chi connectivity index (χ0n) is 15.4. The maximum Gasteiger partial charge on any atom is 0.264 e. The van der Waals surface area contributed by atoms with E-state index in [0.29, 0.717) is 29.3 Å². The number of nitrogens with one attached hydrogen (secondary N) is 1. The summed E-state index contributed by atoms with van der Waals surface area (Å²) in [6.45, 7) is 10.1. The van der Waals surface area contributed by atoms with E-state index in [4.69, 9.17) is 10.5 Å². The quantitative estimate of drug-likeness (QED) is 0.447. The third-order valence-corrected chi connectivity index (χ3v) is 5.57. The second-order valence-corrected chi connectivity index (χ2v) is 8.00. The molecular formula is C17H29N3O3S. The second-order valence-electron chi connectivity index (χ2n) is 6.38. The number of guanidine groups is 1. The van der Waals surface area contributed by atoms with Gasteiger partial charge in [0.2, 0.25) is 5.96 Å². The van der Waals surface area contributed by atoms with Gasteiger partial charge in [-0.25, -0.2) is 13.1 Å². The maximum atomic E-state index is 12.7. The van der Waals surface area contributed by atoms with Crippen molar-refractivity contribution in [1.82, 2.24) is 4.72 Å². The Labute approximate surface area is 145 Å². The number of methoxy groups -OCH3 is 1. The lowest BCUT2D eigenvalue weighted by Crippen LogP contribution is -2.37. The van der Waals surface area contributed by atoms with Gasteiger partial charge in [-0.3, -0.25) is 4.99 Å². The predicted molar refractivity (Wildman–Crippen MR) is 98.1 cm³/mol. The Bertz CT molecular complexity index is 710. The highest BCUT2D eigenvalue weighted by molar-refractivity contribution is 7.90. The van der Waals surface area contributed by atoms with E-state index in [1.54, 1.807) is 27.0 Å². The number of nitrogens with zero attached hydrogens (tertiary/aromatic N) is 1. The lowest BCUT2D eigenvalue weighted by atomic mass is 10.1. The van der Waals surface area contributed by atoms with E-state index in [1.165, 1.54) is 0 Å². The van der Waals surface area contributed by atoms with Crippen LogP contribution in [-0.2, 0) is 10.0 Å². The highest BCUT2D eigenvalue weighted by Gasteiger charge is 2.23. The van der Waals surface area contributed by atoms with E-state index in [2.05, 4.69) is 23.6 Å². The molecule has 0 unspecified atom stereocenters. The number of sulfonamides is 1. The molecule has 0 amide bonds. The Morgan fingerprint density at radius 2 is 1.92 bits per heavy atom. The number of benzene rings is 1. The SMILES string of the molecule is COc1cc(C)c(S(=O)(=O)NC(N)=NCCCC(C)C)c(C)c1C. The van der Waals surface area contributed by atoms with Crippen molar-refractivity contribution < 1.29 is 13.2 Å². The van der Waals surface area contributed by atoms with Gasteiger partial charge in [0.1, 0.15) is 5.75 Å². The van der Waals surface area contributed by atoms with Crippen molar-refractivity contribution >= 4 is 16.0 Å². The fraction of sp³-hybridized carbons (Fsp3) is 0.588. The van der Waals surface area contributed by atoms with Crippen LogP contribution in [0.25, 0.3) is 0 Å². The molecule has 0 saturated carbocycles. The topological polar surface area (TPSA) is 93.8 Å². The van der Waals surface area contributed by atoms with Crippen LogP contribution < -0.4 is 15.2 Å². The molecule has 1 aromatic rings. The Morgan fingerprint density at radius 1 is 1.29 bits per heavy atom. The van der Waals surface area contributed by atoms with E-state index < -0.39 is 10.0 Å². The normalized spacial score (nSPS) is 12.5. The monoisotopic (exact) mass is 355 g/mol. The first kappa shape index (κ1) is 20.3. The van der Waals surface area contributed by atoms with Crippen LogP contribution >= 0.6 is 0 Å². The van der Waals surface area contributed by atoms with E-state index in [1.807, 2.05) is 6.92 Å². The van der Waals surface area contributed by atoms with Crippen LogP contribution in [0, 0.1) is 26.7 Å². The average molecular weight is 356 g/mol. The first-order valence-electron chi connectivity index (χ1n) is 8.07. The van der Waals surface area contributed by atoms with Gasteiger partial charge < -0.3 is 10.5 Å². The number of hydrogen-bond donors (Lipinski definition) is 2. The summed E-state index contributed by atoms with van der Waals surface area (Å²) >= 11 is 0. The Hall–Kier alpha value is -1.76. The van der Waals surface area contributed by atoms with E-state index in [9.17, 15) is 8.42 Å². The fourth-order valence-corrected chi connectivity index (χ4v) is 4.05. The fourth-order valence-electron chi connectivity index (χ4n) is 2.57. The molecule has 0 fully saturated rings. The Kier molecular flexibility index (Phi) is 7.08. The van der Waals surface area contributed by atoms with Crippen LogP contribution in [0.3, 0.4) is 0 Å². The number of aryl methyl sites for hydroxylation is 1. The molecule has 0 radical (unpaired) electrons. The molecule has 0 aliphatic rings. The van der Waals surface area contributed by atoms with Gasteiger partial charge in [-0.15, -0.1) is 0 Å². The van der Waals surface area contributed by atoms with Crippen molar-refractivity contribution in [1.29, 1.82) is 0 Å². The van der Waals surface area contributed by atoms with Gasteiger partial charge >= 0.3 is 0 Å². The molecule has 0 aliphatic heterocycles. The van der Waals surface area contributed by atoms with Crippen molar-refractivity contribution in [2.45, 2.75) is 52.4 Å². The van der Waals surface area contributed by atoms with E-state index >= 15 is 0 Å². The molecular weight excluding hydrogens is 326 g/mol. The minimum absolute atomic E-state index is 0.0778. The molecule has 0 aliphatic carbocycles. The average Bonchev–Trinajstić information content (AvgIpc) is 2.46. The van der Waals surface area contributed by atoms with Crippen molar-refractivity contribution in [3.05, 3.63) is 22.8 Å². The standard InChI is InChI=1S/C17H29N3O3S/c1-11(2)8-7-9-19-17(18)20-24(21,22)16-12(3)10-15(23-6)13(4)14(16)5/h10-11H,7-9H2,1-6H3,(H3,18,19,20). The molecule has 0 spiro atoms. The van der Waals surface area contributed by atoms with Crippen molar-refractivity contribution in [2.75, 3.05) is 13.7 Å². The summed E-state index contributed by atoms with van der Waals surface area (Å²) in [5, 5.41) is 0. The first-order valence-corrected chi connectivity index (χ1v) is 9.56. The molecule has 1 rings (SSSR count). The van der Waals surface area contributed by atoms with Gasteiger partial charge in [0.25, 0.3) is 10.0 Å². The minimum atomic E-state index is -3.78. The van der Waals surface area contributed by atoms with Gasteiger partial charge in [0.05, 0.1) is 12.0 Å². The molecule has 0 atom stereocenters. The lowest BCUT2D eigenvalue weighted by molar-refractivity contribution is 0.410. The van der Waals surface area contributed by atoms with E-state index in [0.717, 1.165) is 18.4 Å². The third kappa shape index (κ3) is 5.12. The number of aliphatic imine (C=N–C) groups is 1. The number of nitrogens with two attached hydrogens (primary N) is 1.